The summed E-state index contributed by atoms with van der Waals surface area (Å²) in [5.41, 5.74) is 1.49. The van der Waals surface area contributed by atoms with Crippen LogP contribution in [0.2, 0.25) is 0 Å². The van der Waals surface area contributed by atoms with Crippen LogP contribution in [0.3, 0.4) is 0 Å². The van der Waals surface area contributed by atoms with Gasteiger partial charge < -0.3 is 4.74 Å². The summed E-state index contributed by atoms with van der Waals surface area (Å²) in [6.45, 7) is 5.90. The first-order valence-electron chi connectivity index (χ1n) is 9.33. The summed E-state index contributed by atoms with van der Waals surface area (Å²) < 4.78 is 45.3. The molecule has 3 rings (SSSR count). The van der Waals surface area contributed by atoms with Gasteiger partial charge in [0.15, 0.2) is 0 Å². The predicted octanol–water partition coefficient (Wildman–Crippen LogP) is 5.89. The van der Waals surface area contributed by atoms with E-state index in [0.29, 0.717) is 35.3 Å². The molecule has 0 aromatic heterocycles. The van der Waals surface area contributed by atoms with E-state index in [-0.39, 0.29) is 11.0 Å². The lowest BCUT2D eigenvalue weighted by Crippen LogP contribution is -2.25. The highest BCUT2D eigenvalue weighted by Gasteiger charge is 2.40. The average molecular weight is 398 g/mol. The lowest BCUT2D eigenvalue weighted by atomic mass is 9.73. The van der Waals surface area contributed by atoms with Crippen LogP contribution in [0.25, 0.3) is 5.57 Å². The molecule has 0 unspecified atom stereocenters. The molecule has 0 aliphatic heterocycles. The molecule has 0 atom stereocenters. The number of carbonyl (C=O) groups is 1. The third kappa shape index (κ3) is 4.54. The van der Waals surface area contributed by atoms with Gasteiger partial charge in [-0.05, 0) is 66.3 Å². The Bertz CT molecular complexity index is 1020. The number of ether oxygens (including phenoxy) is 1. The smallest absolute Gasteiger partial charge is 0.416 e. The normalized spacial score (nSPS) is 14.9. The summed E-state index contributed by atoms with van der Waals surface area (Å²) in [7, 11) is 0. The third-order valence-electron chi connectivity index (χ3n) is 4.91. The zero-order valence-electron chi connectivity index (χ0n) is 16.5. The van der Waals surface area contributed by atoms with Crippen LogP contribution in [0, 0.1) is 11.8 Å². The topological polar surface area (TPSA) is 26.3 Å². The molecule has 0 heterocycles. The first-order valence-corrected chi connectivity index (χ1v) is 9.33. The van der Waals surface area contributed by atoms with Crippen molar-refractivity contribution in [2.24, 2.45) is 0 Å². The van der Waals surface area contributed by atoms with E-state index in [1.54, 1.807) is 43.3 Å². The van der Waals surface area contributed by atoms with Gasteiger partial charge in [0.1, 0.15) is 0 Å². The number of benzene rings is 2. The molecule has 0 saturated heterocycles. The van der Waals surface area contributed by atoms with E-state index in [1.165, 1.54) is 12.1 Å². The van der Waals surface area contributed by atoms with Crippen molar-refractivity contribution in [2.75, 3.05) is 6.61 Å². The predicted molar refractivity (Wildman–Crippen MR) is 106 cm³/mol. The van der Waals surface area contributed by atoms with Gasteiger partial charge >= 0.3 is 12.1 Å². The van der Waals surface area contributed by atoms with Crippen molar-refractivity contribution < 1.29 is 22.7 Å². The van der Waals surface area contributed by atoms with Crippen molar-refractivity contribution >= 4 is 11.5 Å². The molecule has 2 aromatic rings. The number of allylic oxidation sites excluding steroid dienone is 2. The number of fused-ring (bicyclic) bond motifs is 1. The van der Waals surface area contributed by atoms with E-state index in [0.717, 1.165) is 0 Å². The van der Waals surface area contributed by atoms with Crippen molar-refractivity contribution in [2.45, 2.75) is 38.8 Å². The third-order valence-corrected chi connectivity index (χ3v) is 4.91. The maximum absolute atomic E-state index is 13.5. The number of esters is 1. The number of alkyl halides is 3. The van der Waals surface area contributed by atoms with Gasteiger partial charge in [0.2, 0.25) is 0 Å². The molecule has 0 bridgehead atoms. The fourth-order valence-electron chi connectivity index (χ4n) is 3.33. The molecule has 0 fully saturated rings. The Balaban J connectivity index is 1.92. The summed E-state index contributed by atoms with van der Waals surface area (Å²) in [4.78, 5) is 11.7. The van der Waals surface area contributed by atoms with Gasteiger partial charge in [0.05, 0.1) is 17.7 Å². The van der Waals surface area contributed by atoms with Crippen LogP contribution in [0.5, 0.6) is 0 Å². The van der Waals surface area contributed by atoms with E-state index >= 15 is 0 Å². The molecule has 5 heteroatoms. The maximum atomic E-state index is 13.5. The maximum Gasteiger partial charge on any atom is 0.416 e. The second-order valence-electron chi connectivity index (χ2n) is 7.51. The van der Waals surface area contributed by atoms with Crippen LogP contribution < -0.4 is 0 Å². The van der Waals surface area contributed by atoms with E-state index in [1.807, 2.05) is 13.8 Å². The van der Waals surface area contributed by atoms with Gasteiger partial charge in [-0.2, -0.15) is 13.2 Å². The first kappa shape index (κ1) is 20.7. The molecule has 2 nitrogen and oxygen atoms in total. The largest absolute Gasteiger partial charge is 0.462 e. The fraction of sp³-hybridized carbons (Fsp3) is 0.292. The Labute approximate surface area is 168 Å². The van der Waals surface area contributed by atoms with Crippen LogP contribution in [-0.2, 0) is 10.2 Å². The zero-order chi connectivity index (χ0) is 21.2. The summed E-state index contributed by atoms with van der Waals surface area (Å²) in [6.07, 6.45) is -2.79. The lowest BCUT2D eigenvalue weighted by Gasteiger charge is -2.32. The Morgan fingerprint density at radius 3 is 2.31 bits per heavy atom. The van der Waals surface area contributed by atoms with Gasteiger partial charge in [-0.3, -0.25) is 0 Å². The van der Waals surface area contributed by atoms with E-state index < -0.39 is 17.7 Å². The molecule has 1 aliphatic rings. The summed E-state index contributed by atoms with van der Waals surface area (Å²) in [5, 5.41) is 0. The number of hydrogen-bond acceptors (Lipinski definition) is 2. The molecular weight excluding hydrogens is 377 g/mol. The fourth-order valence-corrected chi connectivity index (χ4v) is 3.33. The molecule has 2 aromatic carbocycles. The second kappa shape index (κ2) is 7.79. The van der Waals surface area contributed by atoms with Crippen LogP contribution >= 0.6 is 0 Å². The highest BCUT2D eigenvalue weighted by Crippen LogP contribution is 2.45. The van der Waals surface area contributed by atoms with Gasteiger partial charge in [-0.15, -0.1) is 0 Å². The van der Waals surface area contributed by atoms with Gasteiger partial charge in [-0.25, -0.2) is 4.79 Å². The van der Waals surface area contributed by atoms with E-state index in [9.17, 15) is 18.0 Å². The summed E-state index contributed by atoms with van der Waals surface area (Å²) >= 11 is 0. The van der Waals surface area contributed by atoms with Crippen LogP contribution in [0.15, 0.2) is 48.5 Å². The average Bonchev–Trinajstić information content (AvgIpc) is 2.65. The molecule has 0 saturated carbocycles. The molecular formula is C24H21F3O2. The van der Waals surface area contributed by atoms with Crippen molar-refractivity contribution in [1.82, 2.24) is 0 Å². The number of halogens is 3. The monoisotopic (exact) mass is 398 g/mol. The Hall–Kier alpha value is -3.00. The van der Waals surface area contributed by atoms with Crippen LogP contribution in [0.4, 0.5) is 13.2 Å². The first-order chi connectivity index (χ1) is 13.6. The minimum absolute atomic E-state index is 0.193. The molecule has 0 N–H and O–H groups in total. The lowest BCUT2D eigenvalue weighted by molar-refractivity contribution is -0.0694. The van der Waals surface area contributed by atoms with Crippen molar-refractivity contribution in [3.05, 3.63) is 76.4 Å². The zero-order valence-corrected chi connectivity index (χ0v) is 16.5. The van der Waals surface area contributed by atoms with Gasteiger partial charge in [0.25, 0.3) is 0 Å². The Morgan fingerprint density at radius 2 is 1.69 bits per heavy atom. The summed E-state index contributed by atoms with van der Waals surface area (Å²) in [6, 6.07) is 11.6. The van der Waals surface area contributed by atoms with Crippen molar-refractivity contribution in [3.63, 3.8) is 0 Å². The molecule has 29 heavy (non-hydrogen) atoms. The molecule has 0 spiro atoms. The molecule has 0 radical (unpaired) electrons. The standard InChI is InChI=1S/C24H21F3O2/c1-4-29-22(28)18-10-7-16(8-11-18)5-6-17-9-12-20-19(15-17)21(24(25,26)27)13-14-23(20,2)3/h7-13,15H,4,14H2,1-3H3. The molecule has 0 amide bonds. The minimum atomic E-state index is -4.40. The van der Waals surface area contributed by atoms with Crippen LogP contribution in [-0.4, -0.2) is 18.8 Å². The Morgan fingerprint density at radius 1 is 1.07 bits per heavy atom. The highest BCUT2D eigenvalue weighted by atomic mass is 19.4. The molecule has 1 aliphatic carbocycles. The quantitative estimate of drug-likeness (QED) is 0.466. The second-order valence-corrected chi connectivity index (χ2v) is 7.51. The van der Waals surface area contributed by atoms with Crippen molar-refractivity contribution in [1.29, 1.82) is 0 Å². The van der Waals surface area contributed by atoms with Gasteiger partial charge in [-0.1, -0.05) is 37.8 Å². The Kier molecular flexibility index (Phi) is 5.57. The van der Waals surface area contributed by atoms with Crippen LogP contribution in [0.1, 0.15) is 59.8 Å². The SMILES string of the molecule is CCOC(=O)c1ccc(C#Cc2ccc3c(c2)C(C(F)(F)F)=CCC3(C)C)cc1. The minimum Gasteiger partial charge on any atom is -0.462 e. The number of rotatable bonds is 2. The van der Waals surface area contributed by atoms with Crippen molar-refractivity contribution in [3.8, 4) is 11.8 Å². The highest BCUT2D eigenvalue weighted by molar-refractivity contribution is 5.89. The summed E-state index contributed by atoms with van der Waals surface area (Å²) in [5.74, 6) is 5.45. The van der Waals surface area contributed by atoms with Gasteiger partial charge in [0, 0.05) is 11.1 Å². The van der Waals surface area contributed by atoms with E-state index in [2.05, 4.69) is 11.8 Å². The number of carbonyl (C=O) groups excluding carboxylic acids is 1. The number of hydrogen-bond donors (Lipinski definition) is 0. The van der Waals surface area contributed by atoms with E-state index in [4.69, 9.17) is 4.74 Å². The molecule has 150 valence electrons.